The highest BCUT2D eigenvalue weighted by Gasteiger charge is 2.24. The second-order valence-electron chi connectivity index (χ2n) is 6.83. The van der Waals surface area contributed by atoms with Crippen molar-refractivity contribution in [1.82, 2.24) is 20.0 Å². The molecule has 0 saturated carbocycles. The van der Waals surface area contributed by atoms with Gasteiger partial charge in [0.05, 0.1) is 12.8 Å². The number of amides is 3. The number of nitrogens with zero attached hydrogens (tertiary/aromatic N) is 3. The Bertz CT molecular complexity index is 874. The lowest BCUT2D eigenvalue weighted by atomic mass is 10.1. The summed E-state index contributed by atoms with van der Waals surface area (Å²) in [4.78, 5) is 25.3. The fourth-order valence-corrected chi connectivity index (χ4v) is 3.32. The lowest BCUT2D eigenvalue weighted by molar-refractivity contribution is 0.110. The maximum Gasteiger partial charge on any atom is 0.409 e. The van der Waals surface area contributed by atoms with Crippen molar-refractivity contribution in [3.63, 3.8) is 0 Å². The number of rotatable bonds is 3. The summed E-state index contributed by atoms with van der Waals surface area (Å²) in [6.45, 7) is 4.73. The van der Waals surface area contributed by atoms with E-state index in [-0.39, 0.29) is 12.1 Å². The van der Waals surface area contributed by atoms with Crippen LogP contribution in [-0.4, -0.2) is 53.0 Å². The molecule has 1 aliphatic heterocycles. The first-order valence-corrected chi connectivity index (χ1v) is 9.11. The van der Waals surface area contributed by atoms with Crippen molar-refractivity contribution in [3.8, 4) is 5.69 Å². The smallest absolute Gasteiger partial charge is 0.409 e. The van der Waals surface area contributed by atoms with Gasteiger partial charge in [-0.1, -0.05) is 0 Å². The number of nitrogens with one attached hydrogen (secondary N) is 2. The molecule has 2 aromatic rings. The van der Waals surface area contributed by atoms with Crippen molar-refractivity contribution < 1.29 is 18.7 Å². The van der Waals surface area contributed by atoms with Crippen molar-refractivity contribution >= 4 is 17.8 Å². The van der Waals surface area contributed by atoms with Gasteiger partial charge in [0.25, 0.3) is 0 Å². The first kappa shape index (κ1) is 19.7. The largest absolute Gasteiger partial charge is 0.453 e. The molecule has 0 atom stereocenters. The molecule has 0 bridgehead atoms. The molecule has 0 radical (unpaired) electrons. The zero-order valence-corrected chi connectivity index (χ0v) is 16.2. The predicted molar refractivity (Wildman–Crippen MR) is 102 cm³/mol. The molecule has 3 rings (SSSR count). The molecule has 1 aromatic carbocycles. The van der Waals surface area contributed by atoms with E-state index in [2.05, 4.69) is 15.7 Å². The van der Waals surface area contributed by atoms with E-state index in [1.54, 1.807) is 17.0 Å². The van der Waals surface area contributed by atoms with Crippen LogP contribution in [0.1, 0.15) is 24.2 Å². The van der Waals surface area contributed by atoms with E-state index in [0.29, 0.717) is 37.3 Å². The third kappa shape index (κ3) is 4.41. The average Bonchev–Trinajstić information content (AvgIpc) is 2.99. The highest BCUT2D eigenvalue weighted by atomic mass is 19.1. The molecule has 9 heteroatoms. The van der Waals surface area contributed by atoms with Gasteiger partial charge in [0.15, 0.2) is 5.82 Å². The monoisotopic (exact) mass is 389 g/mol. The number of halogens is 1. The highest BCUT2D eigenvalue weighted by Crippen LogP contribution is 2.20. The van der Waals surface area contributed by atoms with Crippen molar-refractivity contribution in [2.45, 2.75) is 32.7 Å². The third-order valence-corrected chi connectivity index (χ3v) is 4.71. The van der Waals surface area contributed by atoms with Gasteiger partial charge in [-0.05, 0) is 51.0 Å². The van der Waals surface area contributed by atoms with Gasteiger partial charge < -0.3 is 20.3 Å². The van der Waals surface area contributed by atoms with E-state index in [1.165, 1.54) is 17.9 Å². The Morgan fingerprint density at radius 2 is 1.93 bits per heavy atom. The number of ether oxygens (including phenoxy) is 1. The van der Waals surface area contributed by atoms with Crippen LogP contribution in [0.4, 0.5) is 19.7 Å². The van der Waals surface area contributed by atoms with E-state index in [9.17, 15) is 14.0 Å². The summed E-state index contributed by atoms with van der Waals surface area (Å²) in [5, 5.41) is 9.78. The van der Waals surface area contributed by atoms with Gasteiger partial charge >= 0.3 is 12.1 Å². The second kappa shape index (κ2) is 8.28. The molecule has 0 unspecified atom stereocenters. The van der Waals surface area contributed by atoms with Gasteiger partial charge in [-0.3, -0.25) is 0 Å². The van der Waals surface area contributed by atoms with Crippen LogP contribution in [0.3, 0.4) is 0 Å². The van der Waals surface area contributed by atoms with E-state index in [1.807, 2.05) is 19.9 Å². The first-order chi connectivity index (χ1) is 13.4. The Balaban J connectivity index is 1.57. The quantitative estimate of drug-likeness (QED) is 0.845. The molecular weight excluding hydrogens is 365 g/mol. The van der Waals surface area contributed by atoms with Crippen LogP contribution >= 0.6 is 0 Å². The summed E-state index contributed by atoms with van der Waals surface area (Å²) in [6.07, 6.45) is 0.905. The molecule has 0 spiro atoms. The van der Waals surface area contributed by atoms with E-state index < -0.39 is 11.8 Å². The Hall–Kier alpha value is -3.10. The van der Waals surface area contributed by atoms with Crippen molar-refractivity contribution in [2.75, 3.05) is 25.5 Å². The standard InChI is InChI=1S/C19H24FN5O3/c1-12-10-13(2)25(23-12)17-5-4-15(11-16(17)20)22-18(26)21-14-6-8-24(9-7-14)19(27)28-3/h4-5,10-11,14H,6-9H2,1-3H3,(H2,21,22,26). The van der Waals surface area contributed by atoms with E-state index >= 15 is 0 Å². The van der Waals surface area contributed by atoms with Crippen LogP contribution in [-0.2, 0) is 4.74 Å². The zero-order chi connectivity index (χ0) is 20.3. The highest BCUT2D eigenvalue weighted by molar-refractivity contribution is 5.89. The average molecular weight is 389 g/mol. The molecule has 150 valence electrons. The molecule has 2 N–H and O–H groups in total. The van der Waals surface area contributed by atoms with E-state index in [0.717, 1.165) is 11.4 Å². The molecule has 28 heavy (non-hydrogen) atoms. The van der Waals surface area contributed by atoms with Gasteiger partial charge in [-0.15, -0.1) is 0 Å². The fraction of sp³-hybridized carbons (Fsp3) is 0.421. The number of aromatic nitrogens is 2. The minimum absolute atomic E-state index is 0.0558. The number of urea groups is 1. The summed E-state index contributed by atoms with van der Waals surface area (Å²) < 4.78 is 20.7. The zero-order valence-electron chi connectivity index (χ0n) is 16.2. The van der Waals surface area contributed by atoms with Crippen molar-refractivity contribution in [2.24, 2.45) is 0 Å². The van der Waals surface area contributed by atoms with Crippen LogP contribution in [0.25, 0.3) is 5.69 Å². The van der Waals surface area contributed by atoms with Gasteiger partial charge in [0.2, 0.25) is 0 Å². The Kier molecular flexibility index (Phi) is 5.81. The first-order valence-electron chi connectivity index (χ1n) is 9.11. The minimum Gasteiger partial charge on any atom is -0.453 e. The summed E-state index contributed by atoms with van der Waals surface area (Å²) in [7, 11) is 1.35. The number of hydrogen-bond donors (Lipinski definition) is 2. The maximum absolute atomic E-state index is 14.5. The molecule has 8 nitrogen and oxygen atoms in total. The molecular formula is C19H24FN5O3. The molecule has 1 aliphatic rings. The molecule has 1 fully saturated rings. The van der Waals surface area contributed by atoms with Gasteiger partial charge in [0, 0.05) is 30.5 Å². The Labute approximate surface area is 162 Å². The summed E-state index contributed by atoms with van der Waals surface area (Å²) >= 11 is 0. The number of aryl methyl sites for hydroxylation is 2. The van der Waals surface area contributed by atoms with Crippen molar-refractivity contribution in [3.05, 3.63) is 41.5 Å². The molecule has 0 aliphatic carbocycles. The third-order valence-electron chi connectivity index (χ3n) is 4.71. The number of carbonyl (C=O) groups is 2. The van der Waals surface area contributed by atoms with Gasteiger partial charge in [0.1, 0.15) is 5.69 Å². The number of carbonyl (C=O) groups excluding carboxylic acids is 2. The number of benzene rings is 1. The number of likely N-dealkylation sites (tertiary alicyclic amines) is 1. The van der Waals surface area contributed by atoms with Gasteiger partial charge in [-0.25, -0.2) is 18.7 Å². The summed E-state index contributed by atoms with van der Waals surface area (Å²) in [6, 6.07) is 5.89. The molecule has 1 saturated heterocycles. The topological polar surface area (TPSA) is 88.5 Å². The van der Waals surface area contributed by atoms with E-state index in [4.69, 9.17) is 4.74 Å². The molecule has 2 heterocycles. The lowest BCUT2D eigenvalue weighted by Gasteiger charge is -2.31. The summed E-state index contributed by atoms with van der Waals surface area (Å²) in [5.41, 5.74) is 2.31. The number of methoxy groups -OCH3 is 1. The number of anilines is 1. The van der Waals surface area contributed by atoms with Crippen LogP contribution in [0, 0.1) is 19.7 Å². The minimum atomic E-state index is -0.476. The van der Waals surface area contributed by atoms with Crippen LogP contribution in [0.5, 0.6) is 0 Å². The van der Waals surface area contributed by atoms with Crippen molar-refractivity contribution in [1.29, 1.82) is 0 Å². The van der Waals surface area contributed by atoms with Crippen LogP contribution in [0.15, 0.2) is 24.3 Å². The normalized spacial score (nSPS) is 14.6. The molecule has 1 aromatic heterocycles. The number of hydrogen-bond acceptors (Lipinski definition) is 4. The maximum atomic E-state index is 14.5. The van der Waals surface area contributed by atoms with Crippen LogP contribution < -0.4 is 10.6 Å². The van der Waals surface area contributed by atoms with Gasteiger partial charge in [-0.2, -0.15) is 5.10 Å². The Morgan fingerprint density at radius 1 is 1.21 bits per heavy atom. The second-order valence-corrected chi connectivity index (χ2v) is 6.83. The number of piperidine rings is 1. The predicted octanol–water partition coefficient (Wildman–Crippen LogP) is 2.98. The summed E-state index contributed by atoms with van der Waals surface area (Å²) in [5.74, 6) is -0.476. The lowest BCUT2D eigenvalue weighted by Crippen LogP contribution is -2.47. The van der Waals surface area contributed by atoms with Crippen LogP contribution in [0.2, 0.25) is 0 Å². The Morgan fingerprint density at radius 3 is 2.50 bits per heavy atom. The fourth-order valence-electron chi connectivity index (χ4n) is 3.32. The SMILES string of the molecule is COC(=O)N1CCC(NC(=O)Nc2ccc(-n3nc(C)cc3C)c(F)c2)CC1. The molecule has 3 amide bonds.